The van der Waals surface area contributed by atoms with Crippen molar-refractivity contribution in [2.75, 3.05) is 13.1 Å². The first-order valence-electron chi connectivity index (χ1n) is 9.81. The highest BCUT2D eigenvalue weighted by atomic mass is 16.2. The molecule has 2 aromatic heterocycles. The molecule has 3 aromatic rings. The molecule has 4 rings (SSSR count). The van der Waals surface area contributed by atoms with Crippen LogP contribution >= 0.6 is 0 Å². The fourth-order valence-electron chi connectivity index (χ4n) is 3.72. The molecular formula is C23H24N4O. The number of aromatic nitrogens is 3. The number of aryl methyl sites for hydroxylation is 1. The number of carbonyl (C=O) groups excluding carboxylic acids is 1. The SMILES string of the molecule is Cc1ccc(C(=O)N2CCCCC2)cc1Cc1ncccc1-c1ccncn1. The van der Waals surface area contributed by atoms with Gasteiger partial charge < -0.3 is 4.90 Å². The van der Waals surface area contributed by atoms with E-state index < -0.39 is 0 Å². The topological polar surface area (TPSA) is 59.0 Å². The van der Waals surface area contributed by atoms with E-state index in [0.717, 1.165) is 59.6 Å². The summed E-state index contributed by atoms with van der Waals surface area (Å²) in [6.07, 6.45) is 9.17. The lowest BCUT2D eigenvalue weighted by Gasteiger charge is -2.27. The second-order valence-corrected chi connectivity index (χ2v) is 7.26. The van der Waals surface area contributed by atoms with Crippen molar-refractivity contribution in [2.24, 2.45) is 0 Å². The molecule has 0 radical (unpaired) electrons. The molecule has 5 nitrogen and oxygen atoms in total. The van der Waals surface area contributed by atoms with Crippen LogP contribution in [0.5, 0.6) is 0 Å². The molecule has 3 heterocycles. The van der Waals surface area contributed by atoms with Crippen molar-refractivity contribution in [3.8, 4) is 11.3 Å². The molecule has 0 saturated carbocycles. The van der Waals surface area contributed by atoms with E-state index >= 15 is 0 Å². The summed E-state index contributed by atoms with van der Waals surface area (Å²) in [7, 11) is 0. The largest absolute Gasteiger partial charge is 0.339 e. The molecule has 0 unspecified atom stereocenters. The summed E-state index contributed by atoms with van der Waals surface area (Å²) in [6, 6.07) is 11.9. The molecule has 1 aliphatic heterocycles. The minimum absolute atomic E-state index is 0.137. The highest BCUT2D eigenvalue weighted by Crippen LogP contribution is 2.24. The van der Waals surface area contributed by atoms with Gasteiger partial charge in [0.05, 0.1) is 11.4 Å². The van der Waals surface area contributed by atoms with Crippen LogP contribution in [-0.2, 0) is 6.42 Å². The van der Waals surface area contributed by atoms with Gasteiger partial charge >= 0.3 is 0 Å². The average molecular weight is 372 g/mol. The third-order valence-corrected chi connectivity index (χ3v) is 5.35. The van der Waals surface area contributed by atoms with Crippen LogP contribution in [0.15, 0.2) is 55.1 Å². The summed E-state index contributed by atoms with van der Waals surface area (Å²) in [5, 5.41) is 0. The van der Waals surface area contributed by atoms with Gasteiger partial charge in [-0.05, 0) is 67.6 Å². The van der Waals surface area contributed by atoms with Gasteiger partial charge in [0, 0.05) is 43.0 Å². The lowest BCUT2D eigenvalue weighted by Crippen LogP contribution is -2.35. The number of benzene rings is 1. The maximum absolute atomic E-state index is 12.9. The number of nitrogens with zero attached hydrogens (tertiary/aromatic N) is 4. The maximum atomic E-state index is 12.9. The van der Waals surface area contributed by atoms with Crippen LogP contribution in [0, 0.1) is 6.92 Å². The molecule has 1 aromatic carbocycles. The van der Waals surface area contributed by atoms with E-state index in [4.69, 9.17) is 0 Å². The van der Waals surface area contributed by atoms with Gasteiger partial charge in [0.2, 0.25) is 0 Å². The monoisotopic (exact) mass is 372 g/mol. The van der Waals surface area contributed by atoms with Crippen molar-refractivity contribution in [3.63, 3.8) is 0 Å². The first-order valence-corrected chi connectivity index (χ1v) is 9.81. The quantitative estimate of drug-likeness (QED) is 0.693. The van der Waals surface area contributed by atoms with Gasteiger partial charge in [-0.1, -0.05) is 6.07 Å². The number of piperidine rings is 1. The predicted molar refractivity (Wildman–Crippen MR) is 109 cm³/mol. The number of hydrogen-bond donors (Lipinski definition) is 0. The highest BCUT2D eigenvalue weighted by Gasteiger charge is 2.19. The molecule has 1 aliphatic rings. The zero-order chi connectivity index (χ0) is 19.3. The first-order chi connectivity index (χ1) is 13.7. The Morgan fingerprint density at radius 2 is 1.89 bits per heavy atom. The van der Waals surface area contributed by atoms with Gasteiger partial charge in [0.15, 0.2) is 0 Å². The van der Waals surface area contributed by atoms with Gasteiger partial charge in [-0.25, -0.2) is 9.97 Å². The number of carbonyl (C=O) groups is 1. The molecule has 0 atom stereocenters. The smallest absolute Gasteiger partial charge is 0.253 e. The van der Waals surface area contributed by atoms with Crippen LogP contribution in [0.3, 0.4) is 0 Å². The Morgan fingerprint density at radius 3 is 2.68 bits per heavy atom. The summed E-state index contributed by atoms with van der Waals surface area (Å²) in [5.41, 5.74) is 5.86. The van der Waals surface area contributed by atoms with E-state index in [-0.39, 0.29) is 5.91 Å². The van der Waals surface area contributed by atoms with Crippen LogP contribution in [0.4, 0.5) is 0 Å². The van der Waals surface area contributed by atoms with Crippen LogP contribution < -0.4 is 0 Å². The van der Waals surface area contributed by atoms with Crippen molar-refractivity contribution >= 4 is 5.91 Å². The summed E-state index contributed by atoms with van der Waals surface area (Å²) < 4.78 is 0. The van der Waals surface area contributed by atoms with Gasteiger partial charge in [-0.15, -0.1) is 0 Å². The van der Waals surface area contributed by atoms with E-state index in [1.807, 2.05) is 41.3 Å². The van der Waals surface area contributed by atoms with E-state index in [2.05, 4.69) is 21.9 Å². The van der Waals surface area contributed by atoms with Crippen molar-refractivity contribution < 1.29 is 4.79 Å². The van der Waals surface area contributed by atoms with Crippen LogP contribution in [0.25, 0.3) is 11.3 Å². The van der Waals surface area contributed by atoms with Gasteiger partial charge in [-0.2, -0.15) is 0 Å². The fourth-order valence-corrected chi connectivity index (χ4v) is 3.72. The summed E-state index contributed by atoms with van der Waals surface area (Å²) in [4.78, 5) is 27.8. The molecule has 0 spiro atoms. The number of hydrogen-bond acceptors (Lipinski definition) is 4. The Labute approximate surface area is 165 Å². The molecule has 1 saturated heterocycles. The Hall–Kier alpha value is -3.08. The highest BCUT2D eigenvalue weighted by molar-refractivity contribution is 5.94. The number of pyridine rings is 1. The molecule has 1 amide bonds. The van der Waals surface area contributed by atoms with Crippen LogP contribution in [0.2, 0.25) is 0 Å². The van der Waals surface area contributed by atoms with E-state index in [0.29, 0.717) is 6.42 Å². The maximum Gasteiger partial charge on any atom is 0.253 e. The normalized spacial score (nSPS) is 14.1. The molecule has 142 valence electrons. The molecule has 28 heavy (non-hydrogen) atoms. The lowest BCUT2D eigenvalue weighted by atomic mass is 9.97. The third kappa shape index (κ3) is 3.93. The number of amides is 1. The zero-order valence-electron chi connectivity index (χ0n) is 16.1. The van der Waals surface area contributed by atoms with Gasteiger partial charge in [0.25, 0.3) is 5.91 Å². The molecule has 0 bridgehead atoms. The summed E-state index contributed by atoms with van der Waals surface area (Å²) in [5.74, 6) is 0.137. The zero-order valence-corrected chi connectivity index (χ0v) is 16.1. The number of rotatable bonds is 4. The van der Waals surface area contributed by atoms with E-state index in [1.165, 1.54) is 6.42 Å². The van der Waals surface area contributed by atoms with E-state index in [9.17, 15) is 4.79 Å². The standard InChI is InChI=1S/C23H24N4O/c1-17-7-8-18(23(28)27-12-3-2-4-13-27)14-19(17)15-22-20(6-5-10-25-22)21-9-11-24-16-26-21/h5-11,14,16H,2-4,12-13,15H2,1H3. The van der Waals surface area contributed by atoms with Crippen molar-refractivity contribution in [1.82, 2.24) is 19.9 Å². The Balaban J connectivity index is 1.63. The average Bonchev–Trinajstić information content (AvgIpc) is 2.76. The van der Waals surface area contributed by atoms with Crippen molar-refractivity contribution in [3.05, 3.63) is 77.5 Å². The minimum atomic E-state index is 0.137. The molecule has 5 heteroatoms. The summed E-state index contributed by atoms with van der Waals surface area (Å²) in [6.45, 7) is 3.80. The summed E-state index contributed by atoms with van der Waals surface area (Å²) >= 11 is 0. The van der Waals surface area contributed by atoms with Crippen LogP contribution in [-0.4, -0.2) is 38.8 Å². The molecule has 0 aliphatic carbocycles. The molecule has 0 N–H and O–H groups in total. The van der Waals surface area contributed by atoms with Gasteiger partial charge in [0.1, 0.15) is 6.33 Å². The molecule has 1 fully saturated rings. The van der Waals surface area contributed by atoms with Gasteiger partial charge in [-0.3, -0.25) is 9.78 Å². The fraction of sp³-hybridized carbons (Fsp3) is 0.304. The third-order valence-electron chi connectivity index (χ3n) is 5.35. The Kier molecular flexibility index (Phi) is 5.42. The minimum Gasteiger partial charge on any atom is -0.339 e. The second kappa shape index (κ2) is 8.30. The lowest BCUT2D eigenvalue weighted by molar-refractivity contribution is 0.0724. The Morgan fingerprint density at radius 1 is 1.04 bits per heavy atom. The Bertz CT molecular complexity index is 965. The van der Waals surface area contributed by atoms with Crippen molar-refractivity contribution in [1.29, 1.82) is 0 Å². The van der Waals surface area contributed by atoms with Crippen molar-refractivity contribution in [2.45, 2.75) is 32.6 Å². The number of likely N-dealkylation sites (tertiary alicyclic amines) is 1. The first kappa shape index (κ1) is 18.3. The van der Waals surface area contributed by atoms with E-state index in [1.54, 1.807) is 18.7 Å². The predicted octanol–water partition coefficient (Wildman–Crippen LogP) is 4.06. The van der Waals surface area contributed by atoms with Crippen LogP contribution in [0.1, 0.15) is 46.4 Å². The molecular weight excluding hydrogens is 348 g/mol. The second-order valence-electron chi connectivity index (χ2n) is 7.26.